The van der Waals surface area contributed by atoms with Gasteiger partial charge in [0.25, 0.3) is 0 Å². The monoisotopic (exact) mass is 439 g/mol. The van der Waals surface area contributed by atoms with Crippen LogP contribution in [0.15, 0.2) is 83.3 Å². The van der Waals surface area contributed by atoms with Crippen molar-refractivity contribution in [1.29, 1.82) is 0 Å². The second-order valence-corrected chi connectivity index (χ2v) is 7.06. The van der Waals surface area contributed by atoms with E-state index in [9.17, 15) is 9.59 Å². The Hall–Kier alpha value is -2.69. The van der Waals surface area contributed by atoms with Gasteiger partial charge in [-0.3, -0.25) is 9.59 Å². The summed E-state index contributed by atoms with van der Waals surface area (Å²) in [6.45, 7) is 0. The molecule has 0 unspecified atom stereocenters. The molecule has 3 aromatic rings. The van der Waals surface area contributed by atoms with Crippen LogP contribution in [-0.2, 0) is 4.79 Å². The Morgan fingerprint density at radius 2 is 1.59 bits per heavy atom. The van der Waals surface area contributed by atoms with E-state index >= 15 is 0 Å². The van der Waals surface area contributed by atoms with Crippen LogP contribution in [0, 0.1) is 0 Å². The summed E-state index contributed by atoms with van der Waals surface area (Å²) in [5.74, 6) is -0.585. The highest BCUT2D eigenvalue weighted by atomic mass is 79.9. The number of benzene rings is 3. The van der Waals surface area contributed by atoms with Gasteiger partial charge in [0.05, 0.1) is 10.7 Å². The van der Waals surface area contributed by atoms with Crippen molar-refractivity contribution in [3.63, 3.8) is 0 Å². The van der Waals surface area contributed by atoms with Crippen LogP contribution in [-0.4, -0.2) is 11.7 Å². The Kier molecular flexibility index (Phi) is 6.22. The minimum Gasteiger partial charge on any atom is -0.322 e. The first kappa shape index (κ1) is 19.1. The van der Waals surface area contributed by atoms with Gasteiger partial charge >= 0.3 is 0 Å². The third-order valence-corrected chi connectivity index (χ3v) is 4.65. The topological polar surface area (TPSA) is 46.2 Å². The SMILES string of the molecule is O=C(/C=C/c1ccccc1)Nc1ccc(Br)cc1C(=O)c1ccccc1Cl. The maximum atomic E-state index is 12.9. The number of anilines is 1. The highest BCUT2D eigenvalue weighted by Gasteiger charge is 2.17. The molecule has 3 rings (SSSR count). The number of halogens is 2. The van der Waals surface area contributed by atoms with E-state index in [1.807, 2.05) is 30.3 Å². The van der Waals surface area contributed by atoms with E-state index in [1.165, 1.54) is 6.08 Å². The third kappa shape index (κ3) is 4.94. The highest BCUT2D eigenvalue weighted by molar-refractivity contribution is 9.10. The molecule has 0 radical (unpaired) electrons. The quantitative estimate of drug-likeness (QED) is 0.391. The lowest BCUT2D eigenvalue weighted by Crippen LogP contribution is -2.13. The Morgan fingerprint density at radius 1 is 0.889 bits per heavy atom. The maximum Gasteiger partial charge on any atom is 0.248 e. The number of carbonyl (C=O) groups is 2. The lowest BCUT2D eigenvalue weighted by molar-refractivity contribution is -0.111. The van der Waals surface area contributed by atoms with Crippen LogP contribution in [0.25, 0.3) is 6.08 Å². The second kappa shape index (κ2) is 8.80. The molecule has 0 saturated carbocycles. The van der Waals surface area contributed by atoms with E-state index in [-0.39, 0.29) is 11.7 Å². The van der Waals surface area contributed by atoms with Gasteiger partial charge in [0, 0.05) is 21.7 Å². The van der Waals surface area contributed by atoms with E-state index in [0.717, 1.165) is 10.0 Å². The molecule has 0 heterocycles. The highest BCUT2D eigenvalue weighted by Crippen LogP contribution is 2.26. The molecule has 0 aliphatic heterocycles. The van der Waals surface area contributed by atoms with Gasteiger partial charge in [0.2, 0.25) is 5.91 Å². The van der Waals surface area contributed by atoms with Crippen molar-refractivity contribution in [1.82, 2.24) is 0 Å². The third-order valence-electron chi connectivity index (χ3n) is 3.83. The molecule has 27 heavy (non-hydrogen) atoms. The van der Waals surface area contributed by atoms with Gasteiger partial charge in [-0.2, -0.15) is 0 Å². The van der Waals surface area contributed by atoms with E-state index in [2.05, 4.69) is 21.2 Å². The standard InChI is InChI=1S/C22H15BrClNO2/c23-16-11-12-20(25-21(26)13-10-15-6-2-1-3-7-15)18(14-16)22(27)17-8-4-5-9-19(17)24/h1-14H,(H,25,26)/b13-10+. The summed E-state index contributed by atoms with van der Waals surface area (Å²) in [5.41, 5.74) is 2.08. The van der Waals surface area contributed by atoms with Gasteiger partial charge in [-0.1, -0.05) is 70.0 Å². The van der Waals surface area contributed by atoms with Crippen LogP contribution in [0.1, 0.15) is 21.5 Å². The zero-order chi connectivity index (χ0) is 19.2. The molecule has 0 aromatic heterocycles. The molecule has 1 amide bonds. The molecule has 0 atom stereocenters. The largest absolute Gasteiger partial charge is 0.322 e. The van der Waals surface area contributed by atoms with Crippen molar-refractivity contribution in [3.05, 3.63) is 105 Å². The number of nitrogens with one attached hydrogen (secondary N) is 1. The van der Waals surface area contributed by atoms with Crippen LogP contribution in [0.3, 0.4) is 0 Å². The predicted octanol–water partition coefficient (Wildman–Crippen LogP) is 5.99. The van der Waals surface area contributed by atoms with Crippen molar-refractivity contribution in [2.24, 2.45) is 0 Å². The molecule has 1 N–H and O–H groups in total. The molecule has 0 bridgehead atoms. The molecular weight excluding hydrogens is 426 g/mol. The second-order valence-electron chi connectivity index (χ2n) is 5.73. The molecule has 0 fully saturated rings. The first-order valence-corrected chi connectivity index (χ1v) is 9.34. The number of carbonyl (C=O) groups excluding carboxylic acids is 2. The minimum absolute atomic E-state index is 0.260. The summed E-state index contributed by atoms with van der Waals surface area (Å²) in [4.78, 5) is 25.2. The molecule has 134 valence electrons. The average Bonchev–Trinajstić information content (AvgIpc) is 2.68. The van der Waals surface area contributed by atoms with Crippen LogP contribution in [0.5, 0.6) is 0 Å². The summed E-state index contributed by atoms with van der Waals surface area (Å²) in [6.07, 6.45) is 3.14. The molecular formula is C22H15BrClNO2. The molecule has 3 nitrogen and oxygen atoms in total. The zero-order valence-corrected chi connectivity index (χ0v) is 16.5. The number of rotatable bonds is 5. The number of hydrogen-bond acceptors (Lipinski definition) is 2. The minimum atomic E-state index is -0.325. The summed E-state index contributed by atoms with van der Waals surface area (Å²) in [6, 6.07) is 21.4. The Morgan fingerprint density at radius 3 is 2.33 bits per heavy atom. The Balaban J connectivity index is 1.86. The molecule has 0 saturated heterocycles. The number of ketones is 1. The van der Waals surface area contributed by atoms with Crippen LogP contribution < -0.4 is 5.32 Å². The fraction of sp³-hybridized carbons (Fsp3) is 0. The van der Waals surface area contributed by atoms with Gasteiger partial charge in [-0.25, -0.2) is 0 Å². The van der Waals surface area contributed by atoms with Crippen LogP contribution >= 0.6 is 27.5 Å². The fourth-order valence-electron chi connectivity index (χ4n) is 2.51. The lowest BCUT2D eigenvalue weighted by atomic mass is 10.0. The van der Waals surface area contributed by atoms with Crippen molar-refractivity contribution >= 4 is 51.0 Å². The smallest absolute Gasteiger partial charge is 0.248 e. The van der Waals surface area contributed by atoms with E-state index in [1.54, 1.807) is 48.5 Å². The van der Waals surface area contributed by atoms with Crippen molar-refractivity contribution in [3.8, 4) is 0 Å². The molecule has 0 aliphatic carbocycles. The molecule has 0 aliphatic rings. The van der Waals surface area contributed by atoms with Crippen molar-refractivity contribution < 1.29 is 9.59 Å². The lowest BCUT2D eigenvalue weighted by Gasteiger charge is -2.11. The maximum absolute atomic E-state index is 12.9. The van der Waals surface area contributed by atoms with E-state index < -0.39 is 0 Å². The average molecular weight is 441 g/mol. The zero-order valence-electron chi connectivity index (χ0n) is 14.2. The summed E-state index contributed by atoms with van der Waals surface area (Å²) in [7, 11) is 0. The summed E-state index contributed by atoms with van der Waals surface area (Å²) < 4.78 is 0.732. The predicted molar refractivity (Wildman–Crippen MR) is 113 cm³/mol. The number of hydrogen-bond donors (Lipinski definition) is 1. The van der Waals surface area contributed by atoms with E-state index in [4.69, 9.17) is 11.6 Å². The van der Waals surface area contributed by atoms with Gasteiger partial charge in [-0.15, -0.1) is 0 Å². The van der Waals surface area contributed by atoms with E-state index in [0.29, 0.717) is 21.8 Å². The van der Waals surface area contributed by atoms with Crippen LogP contribution in [0.4, 0.5) is 5.69 Å². The first-order valence-electron chi connectivity index (χ1n) is 8.17. The molecule has 0 spiro atoms. The summed E-state index contributed by atoms with van der Waals surface area (Å²) >= 11 is 9.52. The van der Waals surface area contributed by atoms with Crippen LogP contribution in [0.2, 0.25) is 5.02 Å². The van der Waals surface area contributed by atoms with Gasteiger partial charge in [0.15, 0.2) is 5.78 Å². The fourth-order valence-corrected chi connectivity index (χ4v) is 3.10. The molecule has 5 heteroatoms. The summed E-state index contributed by atoms with van der Waals surface area (Å²) in [5, 5.41) is 3.13. The Bertz CT molecular complexity index is 1020. The Labute approximate surface area is 170 Å². The number of amides is 1. The van der Waals surface area contributed by atoms with Gasteiger partial charge in [-0.05, 0) is 42.0 Å². The molecule has 3 aromatic carbocycles. The van der Waals surface area contributed by atoms with Crippen molar-refractivity contribution in [2.75, 3.05) is 5.32 Å². The normalized spacial score (nSPS) is 10.7. The first-order chi connectivity index (χ1) is 13.0. The van der Waals surface area contributed by atoms with Gasteiger partial charge in [0.1, 0.15) is 0 Å². The van der Waals surface area contributed by atoms with Gasteiger partial charge < -0.3 is 5.32 Å². The van der Waals surface area contributed by atoms with Crippen molar-refractivity contribution in [2.45, 2.75) is 0 Å².